The monoisotopic (exact) mass is 399 g/mol. The Labute approximate surface area is 162 Å². The standard InChI is InChI=1S/C15H24N3O4.Y/c1-10-7-14(5,9-19)18-11(20)15(6,8-17(10)18)16-12(21)22-13(2,3)4;/h10H,7-8H2,1-6H3,(H,16,21);/q-1;+3. The van der Waals surface area contributed by atoms with E-state index in [2.05, 4.69) is 5.32 Å². The predicted molar refractivity (Wildman–Crippen MR) is 79.5 cm³/mol. The Morgan fingerprint density at radius 1 is 1.39 bits per heavy atom. The maximum atomic E-state index is 12.8. The molecule has 1 N–H and O–H groups in total. The molecule has 2 amide bonds. The van der Waals surface area contributed by atoms with E-state index in [4.69, 9.17) is 4.74 Å². The number of hydrogen-bond acceptors (Lipinski definition) is 5. The third-order valence-electron chi connectivity index (χ3n) is 4.07. The predicted octanol–water partition coefficient (Wildman–Crippen LogP) is 0.987. The molecule has 2 rings (SSSR count). The van der Waals surface area contributed by atoms with Crippen molar-refractivity contribution in [3.05, 3.63) is 0 Å². The van der Waals surface area contributed by atoms with E-state index in [1.807, 2.05) is 18.2 Å². The van der Waals surface area contributed by atoms with E-state index in [0.717, 1.165) is 0 Å². The number of rotatable bonds is 2. The fourth-order valence-corrected chi connectivity index (χ4v) is 3.15. The van der Waals surface area contributed by atoms with Crippen LogP contribution in [0.15, 0.2) is 0 Å². The number of ether oxygens (including phenoxy) is 1. The number of alkyl carbamates (subject to hydrolysis) is 1. The van der Waals surface area contributed by atoms with Crippen molar-refractivity contribution >= 4 is 18.3 Å². The molecule has 0 aromatic rings. The van der Waals surface area contributed by atoms with E-state index in [-0.39, 0.29) is 44.7 Å². The molecule has 23 heavy (non-hydrogen) atoms. The van der Waals surface area contributed by atoms with E-state index >= 15 is 0 Å². The zero-order valence-corrected chi connectivity index (χ0v) is 17.4. The molecule has 2 saturated heterocycles. The SMILES string of the molecule is CC1CC(C)([C-]=O)N2C(=O)C(C)(NC(=O)OC(C)(C)C)CN12.[Y+3]. The normalized spacial score (nSPS) is 33.9. The van der Waals surface area contributed by atoms with Gasteiger partial charge in [0, 0.05) is 6.04 Å². The van der Waals surface area contributed by atoms with Gasteiger partial charge in [0.15, 0.2) is 0 Å². The first-order valence-corrected chi connectivity index (χ1v) is 7.43. The number of carbonyl (C=O) groups is 2. The van der Waals surface area contributed by atoms with E-state index in [9.17, 15) is 14.4 Å². The number of hydrazine groups is 1. The molecule has 2 fully saturated rings. The molecule has 0 saturated carbocycles. The molecular weight excluding hydrogens is 375 g/mol. The summed E-state index contributed by atoms with van der Waals surface area (Å²) in [6, 6.07) is 0.0256. The van der Waals surface area contributed by atoms with Crippen molar-refractivity contribution in [2.24, 2.45) is 0 Å². The molecule has 0 aromatic heterocycles. The van der Waals surface area contributed by atoms with Crippen LogP contribution in [0.1, 0.15) is 48.0 Å². The van der Waals surface area contributed by atoms with Crippen LogP contribution in [0, 0.1) is 0 Å². The van der Waals surface area contributed by atoms with E-state index in [1.54, 1.807) is 34.6 Å². The number of nitrogens with one attached hydrogen (secondary N) is 1. The van der Waals surface area contributed by atoms with Gasteiger partial charge in [0.2, 0.25) is 0 Å². The van der Waals surface area contributed by atoms with Crippen molar-refractivity contribution < 1.29 is 51.8 Å². The van der Waals surface area contributed by atoms with Gasteiger partial charge >= 0.3 is 38.8 Å². The van der Waals surface area contributed by atoms with Gasteiger partial charge in [-0.2, -0.15) is 0 Å². The third kappa shape index (κ3) is 3.77. The van der Waals surface area contributed by atoms with Gasteiger partial charge in [0.05, 0.1) is 6.54 Å². The van der Waals surface area contributed by atoms with Crippen LogP contribution in [-0.2, 0) is 47.0 Å². The molecule has 0 aliphatic carbocycles. The number of carbonyl (C=O) groups excluding carboxylic acids is 3. The minimum absolute atomic E-state index is 0. The van der Waals surface area contributed by atoms with Gasteiger partial charge in [-0.15, -0.1) is 0 Å². The first kappa shape index (κ1) is 20.5. The molecule has 2 aliphatic heterocycles. The maximum absolute atomic E-state index is 12.8. The van der Waals surface area contributed by atoms with Crippen molar-refractivity contribution in [2.45, 2.75) is 70.7 Å². The van der Waals surface area contributed by atoms with Crippen LogP contribution >= 0.6 is 0 Å². The summed E-state index contributed by atoms with van der Waals surface area (Å²) in [6.07, 6.45) is 1.86. The Balaban J connectivity index is 0.00000264. The first-order chi connectivity index (χ1) is 9.92. The van der Waals surface area contributed by atoms with Crippen LogP contribution in [0.5, 0.6) is 0 Å². The summed E-state index contributed by atoms with van der Waals surface area (Å²) >= 11 is 0. The molecular formula is C15H24N3O4Y+2. The van der Waals surface area contributed by atoms with Gasteiger partial charge in [-0.3, -0.25) is 9.80 Å². The van der Waals surface area contributed by atoms with Crippen molar-refractivity contribution in [2.75, 3.05) is 6.54 Å². The maximum Gasteiger partial charge on any atom is 3.00 e. The second-order valence-corrected chi connectivity index (χ2v) is 7.60. The molecule has 2 heterocycles. The average molecular weight is 399 g/mol. The van der Waals surface area contributed by atoms with E-state index in [0.29, 0.717) is 13.0 Å². The first-order valence-electron chi connectivity index (χ1n) is 7.43. The molecule has 8 heteroatoms. The number of fused-ring (bicyclic) bond motifs is 1. The second kappa shape index (κ2) is 6.41. The second-order valence-electron chi connectivity index (χ2n) is 7.60. The van der Waals surface area contributed by atoms with Crippen LogP contribution < -0.4 is 5.32 Å². The molecule has 124 valence electrons. The largest absolute Gasteiger partial charge is 3.00 e. The topological polar surface area (TPSA) is 79.0 Å². The molecule has 3 unspecified atom stereocenters. The van der Waals surface area contributed by atoms with Crippen molar-refractivity contribution in [3.63, 3.8) is 0 Å². The van der Waals surface area contributed by atoms with Gasteiger partial charge in [0.1, 0.15) is 11.1 Å². The van der Waals surface area contributed by atoms with Crippen LogP contribution in [0.3, 0.4) is 0 Å². The Kier molecular flexibility index (Phi) is 5.72. The Morgan fingerprint density at radius 2 is 1.96 bits per heavy atom. The summed E-state index contributed by atoms with van der Waals surface area (Å²) in [4.78, 5) is 36.1. The van der Waals surface area contributed by atoms with Crippen molar-refractivity contribution in [1.29, 1.82) is 0 Å². The third-order valence-corrected chi connectivity index (χ3v) is 4.07. The van der Waals surface area contributed by atoms with Crippen LogP contribution in [0.2, 0.25) is 0 Å². The summed E-state index contributed by atoms with van der Waals surface area (Å²) in [5, 5.41) is 5.91. The zero-order chi connectivity index (χ0) is 16.9. The van der Waals surface area contributed by atoms with Gasteiger partial charge < -0.3 is 14.8 Å². The summed E-state index contributed by atoms with van der Waals surface area (Å²) in [5.74, 6) is -0.312. The summed E-state index contributed by atoms with van der Waals surface area (Å²) in [5.41, 5.74) is -2.74. The average Bonchev–Trinajstić information content (AvgIpc) is 2.72. The minimum atomic E-state index is -1.12. The van der Waals surface area contributed by atoms with E-state index in [1.165, 1.54) is 5.01 Å². The van der Waals surface area contributed by atoms with Gasteiger partial charge in [0.25, 0.3) is 5.91 Å². The number of nitrogens with zero attached hydrogens (tertiary/aromatic N) is 2. The fraction of sp³-hybridized carbons (Fsp3) is 0.800. The van der Waals surface area contributed by atoms with Crippen LogP contribution in [0.4, 0.5) is 4.79 Å². The molecule has 3 atom stereocenters. The fourth-order valence-electron chi connectivity index (χ4n) is 3.15. The number of amides is 2. The molecule has 0 spiro atoms. The Hall–Kier alpha value is -0.526. The smallest absolute Gasteiger partial charge is 0.540 e. The molecule has 7 nitrogen and oxygen atoms in total. The quantitative estimate of drug-likeness (QED) is 0.701. The summed E-state index contributed by atoms with van der Waals surface area (Å²) in [6.45, 7) is 10.9. The molecule has 0 aromatic carbocycles. The molecule has 2 aliphatic rings. The Bertz CT molecular complexity index is 521. The van der Waals surface area contributed by atoms with Gasteiger partial charge in [-0.1, -0.05) is 6.92 Å². The van der Waals surface area contributed by atoms with Gasteiger partial charge in [-0.25, -0.2) is 16.1 Å². The summed E-state index contributed by atoms with van der Waals surface area (Å²) < 4.78 is 5.22. The molecule has 0 radical (unpaired) electrons. The van der Waals surface area contributed by atoms with Crippen molar-refractivity contribution in [1.82, 2.24) is 15.3 Å². The van der Waals surface area contributed by atoms with Crippen molar-refractivity contribution in [3.8, 4) is 0 Å². The molecule has 0 bridgehead atoms. The zero-order valence-electron chi connectivity index (χ0n) is 14.6. The van der Waals surface area contributed by atoms with E-state index < -0.39 is 22.8 Å². The van der Waals surface area contributed by atoms with Gasteiger partial charge in [-0.05, 0) is 46.6 Å². The minimum Gasteiger partial charge on any atom is -0.540 e. The number of hydrogen-bond donors (Lipinski definition) is 1. The van der Waals surface area contributed by atoms with Crippen LogP contribution in [0.25, 0.3) is 0 Å². The van der Waals surface area contributed by atoms with Crippen LogP contribution in [-0.4, -0.2) is 57.6 Å². The summed E-state index contributed by atoms with van der Waals surface area (Å²) in [7, 11) is 0. The Morgan fingerprint density at radius 3 is 2.43 bits per heavy atom.